The van der Waals surface area contributed by atoms with Crippen molar-refractivity contribution in [1.82, 2.24) is 24.6 Å². The van der Waals surface area contributed by atoms with Crippen LogP contribution >= 0.6 is 0 Å². The molecule has 27 heavy (non-hydrogen) atoms. The Labute approximate surface area is 160 Å². The summed E-state index contributed by atoms with van der Waals surface area (Å²) in [5.74, 6) is 1.41. The van der Waals surface area contributed by atoms with Gasteiger partial charge in [-0.25, -0.2) is 14.1 Å². The molecule has 0 radical (unpaired) electrons. The van der Waals surface area contributed by atoms with E-state index >= 15 is 0 Å². The summed E-state index contributed by atoms with van der Waals surface area (Å²) in [6.45, 7) is 10.3. The zero-order chi connectivity index (χ0) is 19.4. The fourth-order valence-electron chi connectivity index (χ4n) is 3.58. The zero-order valence-electron chi connectivity index (χ0n) is 16.4. The quantitative estimate of drug-likeness (QED) is 0.808. The van der Waals surface area contributed by atoms with Crippen LogP contribution in [0.5, 0.6) is 0 Å². The first kappa shape index (κ1) is 19.5. The van der Waals surface area contributed by atoms with E-state index in [1.54, 1.807) is 0 Å². The Hall–Kier alpha value is -2.28. The largest absolute Gasteiger partial charge is 0.341 e. The molecule has 1 aromatic carbocycles. The fraction of sp³-hybridized carbons (Fsp3) is 0.550. The van der Waals surface area contributed by atoms with Gasteiger partial charge in [-0.2, -0.15) is 5.10 Å². The van der Waals surface area contributed by atoms with Crippen LogP contribution in [-0.4, -0.2) is 56.7 Å². The zero-order valence-corrected chi connectivity index (χ0v) is 16.4. The number of benzene rings is 1. The van der Waals surface area contributed by atoms with E-state index in [4.69, 9.17) is 0 Å². The normalized spacial score (nSPS) is 17.0. The van der Waals surface area contributed by atoms with Crippen LogP contribution in [0.15, 0.2) is 24.3 Å². The minimum absolute atomic E-state index is 0.131. The summed E-state index contributed by atoms with van der Waals surface area (Å²) in [6.07, 6.45) is 0.946. The van der Waals surface area contributed by atoms with Crippen LogP contribution in [0.3, 0.4) is 0 Å². The third kappa shape index (κ3) is 5.13. The van der Waals surface area contributed by atoms with E-state index in [1.165, 1.54) is 12.1 Å². The van der Waals surface area contributed by atoms with E-state index in [9.17, 15) is 9.18 Å². The molecule has 1 aliphatic heterocycles. The predicted octanol–water partition coefficient (Wildman–Crippen LogP) is 2.40. The lowest BCUT2D eigenvalue weighted by Gasteiger charge is -2.25. The van der Waals surface area contributed by atoms with Crippen molar-refractivity contribution in [3.8, 4) is 0 Å². The van der Waals surface area contributed by atoms with Gasteiger partial charge in [0.15, 0.2) is 0 Å². The number of amides is 1. The third-order valence-electron chi connectivity index (χ3n) is 5.05. The Morgan fingerprint density at radius 1 is 1.15 bits per heavy atom. The number of aromatic nitrogens is 3. The van der Waals surface area contributed by atoms with Gasteiger partial charge in [0.05, 0.1) is 12.5 Å². The van der Waals surface area contributed by atoms with Crippen molar-refractivity contribution in [2.75, 3.05) is 26.2 Å². The molecule has 6 nitrogen and oxygen atoms in total. The fourth-order valence-corrected chi connectivity index (χ4v) is 3.58. The molecule has 1 unspecified atom stereocenters. The minimum atomic E-state index is -0.210. The van der Waals surface area contributed by atoms with Crippen LogP contribution in [0.1, 0.15) is 30.6 Å². The van der Waals surface area contributed by atoms with Gasteiger partial charge in [-0.15, -0.1) is 0 Å². The first-order valence-electron chi connectivity index (χ1n) is 9.56. The lowest BCUT2D eigenvalue weighted by atomic mass is 10.1. The van der Waals surface area contributed by atoms with Crippen LogP contribution in [0, 0.1) is 25.6 Å². The molecule has 1 aromatic heterocycles. The van der Waals surface area contributed by atoms with Gasteiger partial charge in [0.25, 0.3) is 0 Å². The highest BCUT2D eigenvalue weighted by Gasteiger charge is 2.24. The Morgan fingerprint density at radius 3 is 2.56 bits per heavy atom. The number of carbonyl (C=O) groups excluding carboxylic acids is 1. The van der Waals surface area contributed by atoms with E-state index in [-0.39, 0.29) is 17.6 Å². The maximum absolute atomic E-state index is 13.1. The lowest BCUT2D eigenvalue weighted by Crippen LogP contribution is -2.39. The van der Waals surface area contributed by atoms with E-state index in [1.807, 2.05) is 42.5 Å². The third-order valence-corrected chi connectivity index (χ3v) is 5.05. The first-order valence-corrected chi connectivity index (χ1v) is 9.56. The number of aryl methyl sites for hydroxylation is 2. The Morgan fingerprint density at radius 2 is 1.89 bits per heavy atom. The molecule has 1 fully saturated rings. The van der Waals surface area contributed by atoms with E-state index in [0.717, 1.165) is 56.4 Å². The summed E-state index contributed by atoms with van der Waals surface area (Å²) in [6, 6.07) is 6.65. The SMILES string of the molecule is Cc1nc(C)n(CC(C)C(=O)N2CCCN(Cc3ccc(F)cc3)CC2)n1. The summed E-state index contributed by atoms with van der Waals surface area (Å²) in [4.78, 5) is 21.5. The van der Waals surface area contributed by atoms with Gasteiger partial charge in [-0.3, -0.25) is 9.69 Å². The molecule has 146 valence electrons. The van der Waals surface area contributed by atoms with Gasteiger partial charge in [-0.05, 0) is 38.0 Å². The number of carbonyl (C=O) groups is 1. The van der Waals surface area contributed by atoms with Crippen LogP contribution < -0.4 is 0 Å². The van der Waals surface area contributed by atoms with Crippen molar-refractivity contribution in [2.24, 2.45) is 5.92 Å². The van der Waals surface area contributed by atoms with Gasteiger partial charge in [0, 0.05) is 32.7 Å². The van der Waals surface area contributed by atoms with Gasteiger partial charge >= 0.3 is 0 Å². The summed E-state index contributed by atoms with van der Waals surface area (Å²) >= 11 is 0. The number of hydrogen-bond donors (Lipinski definition) is 0. The van der Waals surface area contributed by atoms with Crippen molar-refractivity contribution >= 4 is 5.91 Å². The molecule has 0 bridgehead atoms. The second-order valence-electron chi connectivity index (χ2n) is 7.37. The summed E-state index contributed by atoms with van der Waals surface area (Å²) in [7, 11) is 0. The number of rotatable bonds is 5. The summed E-state index contributed by atoms with van der Waals surface area (Å²) in [5, 5.41) is 4.36. The maximum Gasteiger partial charge on any atom is 0.227 e. The van der Waals surface area contributed by atoms with Gasteiger partial charge in [0.1, 0.15) is 17.5 Å². The minimum Gasteiger partial charge on any atom is -0.341 e. The average Bonchev–Trinajstić information content (AvgIpc) is 2.83. The molecule has 0 aliphatic carbocycles. The number of hydrogen-bond acceptors (Lipinski definition) is 4. The highest BCUT2D eigenvalue weighted by Crippen LogP contribution is 2.13. The van der Waals surface area contributed by atoms with Crippen LogP contribution in [0.25, 0.3) is 0 Å². The number of nitrogens with zero attached hydrogens (tertiary/aromatic N) is 5. The molecule has 7 heteroatoms. The van der Waals surface area contributed by atoms with E-state index < -0.39 is 0 Å². The monoisotopic (exact) mass is 373 g/mol. The molecule has 1 aliphatic rings. The van der Waals surface area contributed by atoms with E-state index in [0.29, 0.717) is 6.54 Å². The molecule has 2 heterocycles. The molecular weight excluding hydrogens is 345 g/mol. The second kappa shape index (κ2) is 8.61. The van der Waals surface area contributed by atoms with Gasteiger partial charge < -0.3 is 4.90 Å². The summed E-state index contributed by atoms with van der Waals surface area (Å²) < 4.78 is 14.9. The average molecular weight is 373 g/mol. The Balaban J connectivity index is 1.54. The molecular formula is C20H28FN5O. The van der Waals surface area contributed by atoms with Crippen molar-refractivity contribution in [1.29, 1.82) is 0 Å². The molecule has 1 amide bonds. The standard InChI is InChI=1S/C20H28FN5O/c1-15(13-26-17(3)22-16(2)23-26)20(27)25-10-4-9-24(11-12-25)14-18-5-7-19(21)8-6-18/h5-8,15H,4,9-14H2,1-3H3. The van der Waals surface area contributed by atoms with Crippen LogP contribution in [0.4, 0.5) is 4.39 Å². The maximum atomic E-state index is 13.1. The van der Waals surface area contributed by atoms with Crippen molar-refractivity contribution in [2.45, 2.75) is 40.3 Å². The van der Waals surface area contributed by atoms with Crippen molar-refractivity contribution in [3.05, 3.63) is 47.3 Å². The molecule has 0 spiro atoms. The first-order chi connectivity index (χ1) is 12.9. The molecule has 1 atom stereocenters. The molecule has 1 saturated heterocycles. The van der Waals surface area contributed by atoms with Crippen LogP contribution in [-0.2, 0) is 17.9 Å². The molecule has 2 aromatic rings. The highest BCUT2D eigenvalue weighted by atomic mass is 19.1. The predicted molar refractivity (Wildman–Crippen MR) is 102 cm³/mol. The van der Waals surface area contributed by atoms with Gasteiger partial charge in [0.2, 0.25) is 5.91 Å². The molecule has 0 saturated carbocycles. The Bertz CT molecular complexity index is 773. The van der Waals surface area contributed by atoms with Crippen molar-refractivity contribution in [3.63, 3.8) is 0 Å². The second-order valence-corrected chi connectivity index (χ2v) is 7.37. The lowest BCUT2D eigenvalue weighted by molar-refractivity contribution is -0.135. The van der Waals surface area contributed by atoms with Gasteiger partial charge in [-0.1, -0.05) is 19.1 Å². The van der Waals surface area contributed by atoms with Crippen molar-refractivity contribution < 1.29 is 9.18 Å². The highest BCUT2D eigenvalue weighted by molar-refractivity contribution is 5.78. The molecule has 3 rings (SSSR count). The van der Waals surface area contributed by atoms with E-state index in [2.05, 4.69) is 15.0 Å². The Kier molecular flexibility index (Phi) is 6.21. The smallest absolute Gasteiger partial charge is 0.227 e. The molecule has 0 N–H and O–H groups in total. The topological polar surface area (TPSA) is 54.3 Å². The number of halogens is 1. The van der Waals surface area contributed by atoms with Crippen LogP contribution in [0.2, 0.25) is 0 Å². The summed E-state index contributed by atoms with van der Waals surface area (Å²) in [5.41, 5.74) is 1.10.